The molecule has 0 unspecified atom stereocenters. The van der Waals surface area contributed by atoms with Gasteiger partial charge in [-0.05, 0) is 105 Å². The molecular weight excluding hydrogens is 561 g/mol. The summed E-state index contributed by atoms with van der Waals surface area (Å²) < 4.78 is 15.7. The van der Waals surface area contributed by atoms with E-state index < -0.39 is 0 Å². The zero-order valence-corrected chi connectivity index (χ0v) is 27.3. The minimum absolute atomic E-state index is 0.116. The second-order valence-corrected chi connectivity index (χ2v) is 13.1. The summed E-state index contributed by atoms with van der Waals surface area (Å²) in [5, 5.41) is 1.34. The molecular formula is C38H48FN5O. The third-order valence-corrected chi connectivity index (χ3v) is 10.0. The Kier molecular flexibility index (Phi) is 9.98. The van der Waals surface area contributed by atoms with E-state index in [4.69, 9.17) is 0 Å². The molecule has 3 heterocycles. The normalized spacial score (nSPS) is 16.9. The molecule has 3 aromatic carbocycles. The molecule has 2 saturated heterocycles. The Morgan fingerprint density at radius 3 is 2.16 bits per heavy atom. The minimum atomic E-state index is -0.196. The first kappa shape index (κ1) is 31.5. The molecule has 0 spiro atoms. The van der Waals surface area contributed by atoms with E-state index in [1.165, 1.54) is 78.0 Å². The van der Waals surface area contributed by atoms with Gasteiger partial charge in [0.25, 0.3) is 5.91 Å². The van der Waals surface area contributed by atoms with E-state index in [-0.39, 0.29) is 11.7 Å². The first-order valence-electron chi connectivity index (χ1n) is 16.7. The molecule has 0 radical (unpaired) electrons. The maximum absolute atomic E-state index is 13.4. The van der Waals surface area contributed by atoms with Crippen LogP contribution in [0.1, 0.15) is 44.7 Å². The van der Waals surface area contributed by atoms with Crippen molar-refractivity contribution in [2.24, 2.45) is 0 Å². The highest BCUT2D eigenvalue weighted by molar-refractivity contribution is 5.94. The topological polar surface area (TPSA) is 35.0 Å². The smallest absolute Gasteiger partial charge is 0.253 e. The van der Waals surface area contributed by atoms with Crippen molar-refractivity contribution in [3.63, 3.8) is 0 Å². The van der Waals surface area contributed by atoms with Crippen LogP contribution in [0.15, 0.2) is 66.7 Å². The van der Waals surface area contributed by atoms with Crippen LogP contribution in [-0.2, 0) is 19.4 Å². The van der Waals surface area contributed by atoms with E-state index in [9.17, 15) is 9.18 Å². The Morgan fingerprint density at radius 2 is 1.40 bits per heavy atom. The lowest BCUT2D eigenvalue weighted by Gasteiger charge is -2.34. The Hall–Kier alpha value is -3.52. The predicted molar refractivity (Wildman–Crippen MR) is 182 cm³/mol. The van der Waals surface area contributed by atoms with Crippen molar-refractivity contribution in [3.8, 4) is 0 Å². The van der Waals surface area contributed by atoms with E-state index in [1.54, 1.807) is 0 Å². The highest BCUT2D eigenvalue weighted by Crippen LogP contribution is 2.28. The van der Waals surface area contributed by atoms with Crippen LogP contribution in [0.4, 0.5) is 4.39 Å². The first-order chi connectivity index (χ1) is 21.8. The number of halogens is 1. The average molecular weight is 610 g/mol. The van der Waals surface area contributed by atoms with E-state index in [2.05, 4.69) is 70.5 Å². The molecule has 2 aliphatic heterocycles. The molecule has 6 rings (SSSR count). The fourth-order valence-electron chi connectivity index (χ4n) is 6.96. The quantitative estimate of drug-likeness (QED) is 0.234. The molecule has 238 valence electrons. The van der Waals surface area contributed by atoms with Gasteiger partial charge in [-0.25, -0.2) is 4.39 Å². The van der Waals surface area contributed by atoms with Crippen molar-refractivity contribution in [1.29, 1.82) is 0 Å². The standard InChI is InChI=1S/C38H48FN5O/c1-29-30(2)44(16-5-15-41-20-18-40(3)19-21-41)37-13-10-33(28-36(29)37)26-32-6-4-7-34(27-32)38(45)43-24-22-42(23-25-43)17-14-31-8-11-35(39)12-9-31/h4,6-13,27-28H,5,14-26H2,1-3H3. The second-order valence-electron chi connectivity index (χ2n) is 13.1. The lowest BCUT2D eigenvalue weighted by molar-refractivity contribution is 0.0638. The summed E-state index contributed by atoms with van der Waals surface area (Å²) >= 11 is 0. The van der Waals surface area contributed by atoms with Crippen LogP contribution >= 0.6 is 0 Å². The minimum Gasteiger partial charge on any atom is -0.345 e. The van der Waals surface area contributed by atoms with Gasteiger partial charge in [0.05, 0.1) is 0 Å². The van der Waals surface area contributed by atoms with Gasteiger partial charge in [0.15, 0.2) is 0 Å². The molecule has 2 fully saturated rings. The van der Waals surface area contributed by atoms with Crippen LogP contribution in [0.2, 0.25) is 0 Å². The number of piperazine rings is 2. The molecule has 2 aliphatic rings. The maximum Gasteiger partial charge on any atom is 0.253 e. The molecule has 0 saturated carbocycles. The molecule has 4 aromatic rings. The molecule has 0 atom stereocenters. The maximum atomic E-state index is 13.4. The first-order valence-corrected chi connectivity index (χ1v) is 16.7. The van der Waals surface area contributed by atoms with Gasteiger partial charge in [0, 0.05) is 87.6 Å². The number of amides is 1. The number of nitrogens with zero attached hydrogens (tertiary/aromatic N) is 5. The Morgan fingerprint density at radius 1 is 0.733 bits per heavy atom. The summed E-state index contributed by atoms with van der Waals surface area (Å²) in [4.78, 5) is 22.8. The van der Waals surface area contributed by atoms with Gasteiger partial charge in [-0.15, -0.1) is 0 Å². The van der Waals surface area contributed by atoms with Gasteiger partial charge in [0.1, 0.15) is 5.82 Å². The van der Waals surface area contributed by atoms with Gasteiger partial charge in [-0.3, -0.25) is 9.69 Å². The van der Waals surface area contributed by atoms with E-state index in [0.29, 0.717) is 0 Å². The van der Waals surface area contributed by atoms with Crippen LogP contribution in [0.5, 0.6) is 0 Å². The number of aromatic nitrogens is 1. The third kappa shape index (κ3) is 7.66. The second kappa shape index (κ2) is 14.3. The summed E-state index contributed by atoms with van der Waals surface area (Å²) in [6.07, 6.45) is 2.87. The van der Waals surface area contributed by atoms with Crippen molar-refractivity contribution in [2.45, 2.75) is 39.7 Å². The van der Waals surface area contributed by atoms with Crippen LogP contribution in [0, 0.1) is 19.7 Å². The number of hydrogen-bond donors (Lipinski definition) is 0. The average Bonchev–Trinajstić information content (AvgIpc) is 3.29. The van der Waals surface area contributed by atoms with E-state index in [1.807, 2.05) is 29.2 Å². The number of benzene rings is 3. The molecule has 45 heavy (non-hydrogen) atoms. The molecule has 0 aliphatic carbocycles. The Bertz CT molecular complexity index is 1600. The van der Waals surface area contributed by atoms with Crippen molar-refractivity contribution >= 4 is 16.8 Å². The predicted octanol–water partition coefficient (Wildman–Crippen LogP) is 5.63. The molecule has 7 heteroatoms. The van der Waals surface area contributed by atoms with Crippen molar-refractivity contribution in [2.75, 3.05) is 72.5 Å². The van der Waals surface area contributed by atoms with Crippen molar-refractivity contribution < 1.29 is 9.18 Å². The highest BCUT2D eigenvalue weighted by Gasteiger charge is 2.22. The van der Waals surface area contributed by atoms with Crippen molar-refractivity contribution in [1.82, 2.24) is 24.2 Å². The van der Waals surface area contributed by atoms with Crippen LogP contribution in [-0.4, -0.2) is 103 Å². The molecule has 0 bridgehead atoms. The summed E-state index contributed by atoms with van der Waals surface area (Å²) in [5.74, 6) is -0.0792. The number of carbonyl (C=O) groups is 1. The van der Waals surface area contributed by atoms with Gasteiger partial charge >= 0.3 is 0 Å². The number of likely N-dealkylation sites (N-methyl/N-ethyl adjacent to an activating group) is 1. The van der Waals surface area contributed by atoms with Gasteiger partial charge in [-0.2, -0.15) is 0 Å². The van der Waals surface area contributed by atoms with Crippen molar-refractivity contribution in [3.05, 3.63) is 106 Å². The summed E-state index contributed by atoms with van der Waals surface area (Å²) in [6, 6.07) is 21.9. The van der Waals surface area contributed by atoms with Gasteiger partial charge in [-0.1, -0.05) is 30.3 Å². The molecule has 1 amide bonds. The number of aryl methyl sites for hydroxylation is 2. The van der Waals surface area contributed by atoms with Crippen LogP contribution < -0.4 is 0 Å². The van der Waals surface area contributed by atoms with Crippen LogP contribution in [0.25, 0.3) is 10.9 Å². The van der Waals surface area contributed by atoms with Gasteiger partial charge < -0.3 is 19.3 Å². The summed E-state index contributed by atoms with van der Waals surface area (Å²) in [7, 11) is 2.21. The largest absolute Gasteiger partial charge is 0.345 e. The lowest BCUT2D eigenvalue weighted by atomic mass is 10.0. The SMILES string of the molecule is Cc1c(C)n(CCCN2CCN(C)CC2)c2ccc(Cc3cccc(C(=O)N4CCN(CCc5ccc(F)cc5)CC4)c3)cc12. The monoisotopic (exact) mass is 609 g/mol. The Labute approximate surface area is 268 Å². The molecule has 1 aromatic heterocycles. The van der Waals surface area contributed by atoms with Gasteiger partial charge in [0.2, 0.25) is 0 Å². The number of hydrogen-bond acceptors (Lipinski definition) is 4. The lowest BCUT2D eigenvalue weighted by Crippen LogP contribution is -2.49. The molecule has 6 nitrogen and oxygen atoms in total. The fraction of sp³-hybridized carbons (Fsp3) is 0.447. The number of carbonyl (C=O) groups excluding carboxylic acids is 1. The zero-order valence-electron chi connectivity index (χ0n) is 27.3. The molecule has 0 N–H and O–H groups in total. The fourth-order valence-corrected chi connectivity index (χ4v) is 6.96. The van der Waals surface area contributed by atoms with E-state index >= 15 is 0 Å². The van der Waals surface area contributed by atoms with E-state index in [0.717, 1.165) is 69.8 Å². The third-order valence-electron chi connectivity index (χ3n) is 10.0. The number of rotatable bonds is 10. The highest BCUT2D eigenvalue weighted by atomic mass is 19.1. The Balaban J connectivity index is 1.04. The summed E-state index contributed by atoms with van der Waals surface area (Å²) in [5.41, 5.74) is 8.42. The van der Waals surface area contributed by atoms with Crippen LogP contribution in [0.3, 0.4) is 0 Å². The zero-order chi connectivity index (χ0) is 31.3. The number of fused-ring (bicyclic) bond motifs is 1. The summed E-state index contributed by atoms with van der Waals surface area (Å²) in [6.45, 7) is 15.5.